The second-order valence-electron chi connectivity index (χ2n) is 9.84. The van der Waals surface area contributed by atoms with E-state index in [1.165, 1.54) is 70.6 Å². The SMILES string of the molecule is CCCCCCCCCCCCCCCCOC[C@H](O)COP(=O)(OC1CCN[C@@H]1C(=O)O)OP(=O)(O)O. The Morgan fingerprint density at radius 2 is 1.42 bits per heavy atom. The van der Waals surface area contributed by atoms with Gasteiger partial charge in [0.25, 0.3) is 0 Å². The molecule has 1 saturated heterocycles. The van der Waals surface area contributed by atoms with Crippen LogP contribution in [0.15, 0.2) is 0 Å². The Bertz CT molecular complexity index is 721. The number of nitrogens with one attached hydrogen (secondary N) is 1. The number of carboxylic acids is 1. The normalized spacial score (nSPS) is 20.4. The predicted octanol–water partition coefficient (Wildman–Crippen LogP) is 4.91. The van der Waals surface area contributed by atoms with Gasteiger partial charge in [-0.25, -0.2) is 9.13 Å². The number of aliphatic carboxylic acids is 1. The fourth-order valence-electron chi connectivity index (χ4n) is 4.25. The molecule has 0 radical (unpaired) electrons. The van der Waals surface area contributed by atoms with Crippen molar-refractivity contribution in [3.05, 3.63) is 0 Å². The maximum Gasteiger partial charge on any atom is 0.484 e. The van der Waals surface area contributed by atoms with Gasteiger partial charge >= 0.3 is 21.6 Å². The molecule has 0 aromatic carbocycles. The number of hydrogen-bond acceptors (Lipinski definition) is 9. The van der Waals surface area contributed by atoms with Gasteiger partial charge in [-0.2, -0.15) is 4.31 Å². The summed E-state index contributed by atoms with van der Waals surface area (Å²) in [6.45, 7) is 2.11. The van der Waals surface area contributed by atoms with Crippen LogP contribution in [0.4, 0.5) is 0 Å². The molecule has 14 heteroatoms. The van der Waals surface area contributed by atoms with Crippen molar-refractivity contribution in [2.45, 2.75) is 121 Å². The van der Waals surface area contributed by atoms with E-state index in [1.54, 1.807) is 0 Å². The summed E-state index contributed by atoms with van der Waals surface area (Å²) >= 11 is 0. The van der Waals surface area contributed by atoms with Crippen molar-refractivity contribution in [1.29, 1.82) is 0 Å². The summed E-state index contributed by atoms with van der Waals surface area (Å²) in [6.07, 6.45) is 15.1. The molecule has 12 nitrogen and oxygen atoms in total. The molecule has 5 N–H and O–H groups in total. The number of hydrogen-bond donors (Lipinski definition) is 5. The molecule has 1 aliphatic heterocycles. The van der Waals surface area contributed by atoms with E-state index in [0.717, 1.165) is 19.3 Å². The Kier molecular flexibility index (Phi) is 19.2. The van der Waals surface area contributed by atoms with Gasteiger partial charge in [0.15, 0.2) is 0 Å². The van der Waals surface area contributed by atoms with Gasteiger partial charge in [-0.1, -0.05) is 90.4 Å². The van der Waals surface area contributed by atoms with Crippen molar-refractivity contribution in [2.24, 2.45) is 0 Å². The molecule has 1 fully saturated rings. The molecule has 0 aliphatic carbocycles. The first-order valence-corrected chi connectivity index (χ1v) is 17.0. The second kappa shape index (κ2) is 20.5. The minimum absolute atomic E-state index is 0.111. The van der Waals surface area contributed by atoms with Gasteiger partial charge < -0.3 is 30.1 Å². The number of phosphoric ester groups is 1. The van der Waals surface area contributed by atoms with Crippen molar-refractivity contribution in [3.8, 4) is 0 Å². The van der Waals surface area contributed by atoms with Crippen LogP contribution in [-0.4, -0.2) is 70.6 Å². The highest BCUT2D eigenvalue weighted by Gasteiger charge is 2.44. The first-order valence-electron chi connectivity index (χ1n) is 14.0. The van der Waals surface area contributed by atoms with Gasteiger partial charge in [-0.15, -0.1) is 0 Å². The van der Waals surface area contributed by atoms with Gasteiger partial charge in [-0.05, 0) is 19.4 Å². The number of ether oxygens (including phenoxy) is 1. The highest BCUT2D eigenvalue weighted by molar-refractivity contribution is 7.61. The lowest BCUT2D eigenvalue weighted by Crippen LogP contribution is -2.39. The molecule has 0 amide bonds. The Morgan fingerprint density at radius 3 is 1.92 bits per heavy atom. The molecule has 2 unspecified atom stereocenters. The van der Waals surface area contributed by atoms with Crippen LogP contribution in [0.3, 0.4) is 0 Å². The first kappa shape index (κ1) is 35.6. The molecule has 1 heterocycles. The number of aliphatic hydroxyl groups excluding tert-OH is 1. The zero-order valence-corrected chi connectivity index (χ0v) is 24.5. The molecule has 0 spiro atoms. The summed E-state index contributed by atoms with van der Waals surface area (Å²) in [4.78, 5) is 29.4. The molecule has 38 heavy (non-hydrogen) atoms. The van der Waals surface area contributed by atoms with E-state index in [4.69, 9.17) is 23.6 Å². The van der Waals surface area contributed by atoms with E-state index in [9.17, 15) is 24.1 Å². The fourth-order valence-corrected chi connectivity index (χ4v) is 6.61. The molecular formula is C24H49NO11P2. The average Bonchev–Trinajstić information content (AvgIpc) is 3.29. The Balaban J connectivity index is 2.13. The lowest BCUT2D eigenvalue weighted by molar-refractivity contribution is -0.141. The molecule has 1 aliphatic rings. The van der Waals surface area contributed by atoms with Crippen molar-refractivity contribution in [1.82, 2.24) is 5.32 Å². The number of carboxylic acid groups (broad SMARTS) is 1. The van der Waals surface area contributed by atoms with Crippen LogP contribution in [0.5, 0.6) is 0 Å². The van der Waals surface area contributed by atoms with Crippen LogP contribution in [-0.2, 0) is 32.0 Å². The lowest BCUT2D eigenvalue weighted by Gasteiger charge is -2.24. The average molecular weight is 590 g/mol. The third kappa shape index (κ3) is 18.1. The van der Waals surface area contributed by atoms with Crippen LogP contribution in [0.2, 0.25) is 0 Å². The van der Waals surface area contributed by atoms with Gasteiger partial charge in [0.1, 0.15) is 12.1 Å². The van der Waals surface area contributed by atoms with E-state index in [1.807, 2.05) is 0 Å². The lowest BCUT2D eigenvalue weighted by atomic mass is 10.0. The quantitative estimate of drug-likeness (QED) is 0.0718. The summed E-state index contributed by atoms with van der Waals surface area (Å²) in [5, 5.41) is 21.8. The molecule has 0 aromatic rings. The van der Waals surface area contributed by atoms with E-state index in [2.05, 4.69) is 16.6 Å². The maximum absolute atomic E-state index is 12.7. The van der Waals surface area contributed by atoms with Crippen molar-refractivity contribution in [2.75, 3.05) is 26.4 Å². The highest BCUT2D eigenvalue weighted by Crippen LogP contribution is 2.62. The smallest absolute Gasteiger partial charge is 0.480 e. The summed E-state index contributed by atoms with van der Waals surface area (Å²) < 4.78 is 43.6. The Hall–Kier alpha value is -0.390. The molecule has 226 valence electrons. The summed E-state index contributed by atoms with van der Waals surface area (Å²) in [6, 6.07) is -1.24. The Morgan fingerprint density at radius 1 is 0.895 bits per heavy atom. The van der Waals surface area contributed by atoms with E-state index >= 15 is 0 Å². The molecule has 4 atom stereocenters. The summed E-state index contributed by atoms with van der Waals surface area (Å²) in [5.74, 6) is -1.29. The van der Waals surface area contributed by atoms with Crippen LogP contribution in [0.1, 0.15) is 103 Å². The van der Waals surface area contributed by atoms with Crippen LogP contribution in [0.25, 0.3) is 0 Å². The monoisotopic (exact) mass is 589 g/mol. The first-order chi connectivity index (χ1) is 18.1. The minimum Gasteiger partial charge on any atom is -0.480 e. The number of carbonyl (C=O) groups is 1. The largest absolute Gasteiger partial charge is 0.484 e. The molecular weight excluding hydrogens is 540 g/mol. The van der Waals surface area contributed by atoms with Gasteiger partial charge in [0.05, 0.1) is 19.3 Å². The van der Waals surface area contributed by atoms with Crippen molar-refractivity contribution < 1.29 is 52.0 Å². The minimum atomic E-state index is -5.30. The summed E-state index contributed by atoms with van der Waals surface area (Å²) in [7, 11) is -10.2. The maximum atomic E-state index is 12.7. The third-order valence-corrected chi connectivity index (χ3v) is 8.92. The molecule has 0 saturated carbocycles. The highest BCUT2D eigenvalue weighted by atomic mass is 31.3. The van der Waals surface area contributed by atoms with Crippen molar-refractivity contribution >= 4 is 21.6 Å². The third-order valence-electron chi connectivity index (χ3n) is 6.28. The van der Waals surface area contributed by atoms with E-state index in [-0.39, 0.29) is 19.6 Å². The predicted molar refractivity (Wildman–Crippen MR) is 143 cm³/mol. The second-order valence-corrected chi connectivity index (χ2v) is 12.8. The molecule has 0 aromatic heterocycles. The van der Waals surface area contributed by atoms with E-state index in [0.29, 0.717) is 6.61 Å². The zero-order chi connectivity index (χ0) is 28.3. The fraction of sp³-hybridized carbons (Fsp3) is 0.958. The molecule has 0 bridgehead atoms. The van der Waals surface area contributed by atoms with Gasteiger partial charge in [-0.3, -0.25) is 13.8 Å². The topological polar surface area (TPSA) is 181 Å². The van der Waals surface area contributed by atoms with Crippen LogP contribution in [0, 0.1) is 0 Å². The number of rotatable bonds is 25. The van der Waals surface area contributed by atoms with Gasteiger partial charge in [0.2, 0.25) is 0 Å². The number of phosphoric acid groups is 2. The molecule has 1 rings (SSSR count). The number of aliphatic hydroxyl groups is 1. The standard InChI is InChI=1S/C24H49NO11P2/c1-2-3-4-5-6-7-8-9-10-11-12-13-14-15-18-33-19-21(26)20-34-38(32,36-37(29,30)31)35-22-16-17-25-23(22)24(27)28/h21-23,25-26H,2-20H2,1H3,(H,27,28)(H2,29,30,31)/t21-,22?,23-,38?/m0/s1. The van der Waals surface area contributed by atoms with Crippen LogP contribution < -0.4 is 5.32 Å². The zero-order valence-electron chi connectivity index (χ0n) is 22.7. The Labute approximate surface area is 227 Å². The summed E-state index contributed by atoms with van der Waals surface area (Å²) in [5.41, 5.74) is 0. The van der Waals surface area contributed by atoms with E-state index < -0.39 is 46.5 Å². The number of unbranched alkanes of at least 4 members (excludes halogenated alkanes) is 13. The van der Waals surface area contributed by atoms with Crippen molar-refractivity contribution in [3.63, 3.8) is 0 Å². The van der Waals surface area contributed by atoms with Crippen LogP contribution >= 0.6 is 15.6 Å². The van der Waals surface area contributed by atoms with Gasteiger partial charge in [0, 0.05) is 6.61 Å².